The van der Waals surface area contributed by atoms with Crippen molar-refractivity contribution in [3.05, 3.63) is 81.4 Å². The number of carbonyl (C=O) groups excluding carboxylic acids is 2. The van der Waals surface area contributed by atoms with Crippen LogP contribution in [0.3, 0.4) is 0 Å². The van der Waals surface area contributed by atoms with Crippen molar-refractivity contribution in [2.24, 2.45) is 0 Å². The normalized spacial score (nSPS) is 16.3. The number of carbonyl (C=O) groups is 2. The van der Waals surface area contributed by atoms with Crippen LogP contribution < -0.4 is 0 Å². The van der Waals surface area contributed by atoms with Gasteiger partial charge >= 0.3 is 0 Å². The summed E-state index contributed by atoms with van der Waals surface area (Å²) in [6.07, 6.45) is 5.96. The molecule has 0 bridgehead atoms. The number of likely N-dealkylation sites (tertiary alicyclic amines) is 2. The van der Waals surface area contributed by atoms with E-state index in [0.717, 1.165) is 62.1 Å². The zero-order valence-corrected chi connectivity index (χ0v) is 23.7. The topological polar surface area (TPSA) is 96.8 Å². The average Bonchev–Trinajstić information content (AvgIpc) is 3.72. The number of fused-ring (bicyclic) bond motifs is 1. The summed E-state index contributed by atoms with van der Waals surface area (Å²) in [7, 11) is 0. The van der Waals surface area contributed by atoms with Gasteiger partial charge in [0.05, 0.1) is 6.20 Å². The molecule has 2 aliphatic heterocycles. The molecule has 208 valence electrons. The maximum absolute atomic E-state index is 13.6. The Hall–Kier alpha value is -4.01. The first-order valence-electron chi connectivity index (χ1n) is 14.3. The van der Waals surface area contributed by atoms with Crippen molar-refractivity contribution in [3.8, 4) is 0 Å². The molecule has 4 aromatic rings. The summed E-state index contributed by atoms with van der Waals surface area (Å²) in [4.78, 5) is 39.7. The largest absolute Gasteiger partial charge is 0.445 e. The molecule has 9 heteroatoms. The molecule has 2 fully saturated rings. The fraction of sp³-hybridized carbons (Fsp3) is 0.452. The number of amides is 2. The van der Waals surface area contributed by atoms with E-state index in [-0.39, 0.29) is 17.7 Å². The number of hydrogen-bond donors (Lipinski definition) is 0. The fourth-order valence-electron chi connectivity index (χ4n) is 6.08. The Morgan fingerprint density at radius 1 is 0.925 bits per heavy atom. The van der Waals surface area contributed by atoms with E-state index in [4.69, 9.17) is 9.40 Å². The lowest BCUT2D eigenvalue weighted by atomic mass is 9.96. The van der Waals surface area contributed by atoms with E-state index in [2.05, 4.69) is 35.2 Å². The van der Waals surface area contributed by atoms with Gasteiger partial charge in [0, 0.05) is 49.9 Å². The van der Waals surface area contributed by atoms with Gasteiger partial charge in [-0.05, 0) is 70.1 Å². The van der Waals surface area contributed by atoms with Crippen LogP contribution >= 0.6 is 0 Å². The lowest BCUT2D eigenvalue weighted by Gasteiger charge is -2.30. The summed E-state index contributed by atoms with van der Waals surface area (Å²) in [5.41, 5.74) is 7.11. The standard InChI is InChI=1S/C31H36N6O3/c1-19-9-5-6-10-24(19)17-25-20(2)33-28-26(18-32-37(28)21(25)3)30(38)36-15-11-23(12-16-36)29-34-27(22(4)40-29)31(39)35-13-7-8-14-35/h5-6,9-10,18,23H,7-8,11-17H2,1-4H3. The number of piperidine rings is 1. The first-order chi connectivity index (χ1) is 19.3. The second-order valence-corrected chi connectivity index (χ2v) is 11.2. The van der Waals surface area contributed by atoms with Gasteiger partial charge in [-0.15, -0.1) is 0 Å². The van der Waals surface area contributed by atoms with Gasteiger partial charge in [0.25, 0.3) is 11.8 Å². The monoisotopic (exact) mass is 540 g/mol. The van der Waals surface area contributed by atoms with Crippen molar-refractivity contribution < 1.29 is 14.0 Å². The number of benzene rings is 1. The van der Waals surface area contributed by atoms with Gasteiger partial charge in [-0.3, -0.25) is 9.59 Å². The van der Waals surface area contributed by atoms with Gasteiger partial charge < -0.3 is 14.2 Å². The minimum Gasteiger partial charge on any atom is -0.445 e. The van der Waals surface area contributed by atoms with Crippen molar-refractivity contribution in [3.63, 3.8) is 0 Å². The molecule has 0 spiro atoms. The van der Waals surface area contributed by atoms with Gasteiger partial charge in [0.2, 0.25) is 0 Å². The first kappa shape index (κ1) is 26.2. The average molecular weight is 541 g/mol. The molecule has 1 aromatic carbocycles. The number of nitrogens with zero attached hydrogens (tertiary/aromatic N) is 6. The van der Waals surface area contributed by atoms with E-state index >= 15 is 0 Å². The molecule has 2 saturated heterocycles. The van der Waals surface area contributed by atoms with Gasteiger partial charge in [0.1, 0.15) is 11.3 Å². The van der Waals surface area contributed by atoms with Gasteiger partial charge in [-0.2, -0.15) is 5.10 Å². The summed E-state index contributed by atoms with van der Waals surface area (Å²) in [5.74, 6) is 1.18. The Kier molecular flexibility index (Phi) is 6.90. The van der Waals surface area contributed by atoms with Crippen molar-refractivity contribution in [1.29, 1.82) is 0 Å². The van der Waals surface area contributed by atoms with Crippen LogP contribution in [0.2, 0.25) is 0 Å². The second kappa shape index (κ2) is 10.5. The number of aryl methyl sites for hydroxylation is 4. The van der Waals surface area contributed by atoms with Gasteiger partial charge in [-0.1, -0.05) is 24.3 Å². The molecule has 0 atom stereocenters. The Labute approximate surface area is 234 Å². The van der Waals surface area contributed by atoms with Crippen molar-refractivity contribution in [1.82, 2.24) is 29.4 Å². The van der Waals surface area contributed by atoms with Gasteiger partial charge in [0.15, 0.2) is 17.2 Å². The van der Waals surface area contributed by atoms with E-state index in [1.165, 1.54) is 11.1 Å². The highest BCUT2D eigenvalue weighted by molar-refractivity contribution is 5.99. The van der Waals surface area contributed by atoms with Crippen LogP contribution in [0.1, 0.15) is 92.2 Å². The molecule has 9 nitrogen and oxygen atoms in total. The fourth-order valence-corrected chi connectivity index (χ4v) is 6.08. The maximum atomic E-state index is 13.6. The van der Waals surface area contributed by atoms with E-state index in [1.807, 2.05) is 36.6 Å². The molecule has 0 unspecified atom stereocenters. The Bertz CT molecular complexity index is 1590. The quantitative estimate of drug-likeness (QED) is 0.361. The third-order valence-electron chi connectivity index (χ3n) is 8.61. The Balaban J connectivity index is 1.16. The molecular weight excluding hydrogens is 504 g/mol. The minimum absolute atomic E-state index is 0.0363. The van der Waals surface area contributed by atoms with E-state index < -0.39 is 0 Å². The minimum atomic E-state index is -0.0557. The van der Waals surface area contributed by atoms with Crippen LogP contribution in [-0.4, -0.2) is 67.4 Å². The molecule has 0 saturated carbocycles. The number of hydrogen-bond acceptors (Lipinski definition) is 6. The number of aromatic nitrogens is 4. The third-order valence-corrected chi connectivity index (χ3v) is 8.61. The molecule has 0 N–H and O–H groups in total. The van der Waals surface area contributed by atoms with Crippen LogP contribution in [0.15, 0.2) is 34.9 Å². The molecule has 40 heavy (non-hydrogen) atoms. The molecule has 5 heterocycles. The second-order valence-electron chi connectivity index (χ2n) is 11.2. The summed E-state index contributed by atoms with van der Waals surface area (Å²) in [6.45, 7) is 10.7. The molecule has 6 rings (SSSR count). The smallest absolute Gasteiger partial charge is 0.276 e. The van der Waals surface area contributed by atoms with Crippen LogP contribution in [-0.2, 0) is 6.42 Å². The molecular formula is C31H36N6O3. The summed E-state index contributed by atoms with van der Waals surface area (Å²) >= 11 is 0. The predicted octanol–water partition coefficient (Wildman–Crippen LogP) is 4.80. The van der Waals surface area contributed by atoms with Crippen LogP contribution in [0.25, 0.3) is 5.65 Å². The predicted molar refractivity (Wildman–Crippen MR) is 151 cm³/mol. The van der Waals surface area contributed by atoms with Crippen molar-refractivity contribution in [2.45, 2.75) is 65.7 Å². The summed E-state index contributed by atoms with van der Waals surface area (Å²) in [6, 6.07) is 8.37. The van der Waals surface area contributed by atoms with Crippen molar-refractivity contribution >= 4 is 17.5 Å². The van der Waals surface area contributed by atoms with Crippen LogP contribution in [0, 0.1) is 27.7 Å². The van der Waals surface area contributed by atoms with Crippen LogP contribution in [0.5, 0.6) is 0 Å². The lowest BCUT2D eigenvalue weighted by Crippen LogP contribution is -2.38. The molecule has 0 radical (unpaired) electrons. The SMILES string of the molecule is Cc1ccccc1Cc1c(C)nc2c(C(=O)N3CCC(c4nc(C(=O)N5CCCC5)c(C)o4)CC3)cnn2c1C. The zero-order valence-electron chi connectivity index (χ0n) is 23.7. The number of rotatable bonds is 5. The van der Waals surface area contributed by atoms with E-state index in [0.29, 0.717) is 41.6 Å². The summed E-state index contributed by atoms with van der Waals surface area (Å²) in [5, 5.41) is 4.57. The van der Waals surface area contributed by atoms with Crippen LogP contribution in [0.4, 0.5) is 0 Å². The number of oxazole rings is 1. The Morgan fingerprint density at radius 3 is 2.35 bits per heavy atom. The highest BCUT2D eigenvalue weighted by Crippen LogP contribution is 2.31. The molecule has 0 aliphatic carbocycles. The third kappa shape index (κ3) is 4.67. The first-order valence-corrected chi connectivity index (χ1v) is 14.3. The lowest BCUT2D eigenvalue weighted by molar-refractivity contribution is 0.0707. The van der Waals surface area contributed by atoms with Gasteiger partial charge in [-0.25, -0.2) is 14.5 Å². The van der Waals surface area contributed by atoms with E-state index in [1.54, 1.807) is 10.7 Å². The molecule has 2 amide bonds. The van der Waals surface area contributed by atoms with Crippen molar-refractivity contribution in [2.75, 3.05) is 26.2 Å². The molecule has 2 aliphatic rings. The zero-order chi connectivity index (χ0) is 28.0. The molecule has 3 aromatic heterocycles. The highest BCUT2D eigenvalue weighted by atomic mass is 16.4. The Morgan fingerprint density at radius 2 is 1.62 bits per heavy atom. The van der Waals surface area contributed by atoms with E-state index in [9.17, 15) is 9.59 Å². The maximum Gasteiger partial charge on any atom is 0.276 e. The highest BCUT2D eigenvalue weighted by Gasteiger charge is 2.32. The summed E-state index contributed by atoms with van der Waals surface area (Å²) < 4.78 is 7.76.